The number of carbonyl (C=O) groups is 1. The Balaban J connectivity index is 1.50. The smallest absolute Gasteiger partial charge is 0.411 e. The summed E-state index contributed by atoms with van der Waals surface area (Å²) in [6, 6.07) is 18.8. The average Bonchev–Trinajstić information content (AvgIpc) is 2.71. The maximum absolute atomic E-state index is 12.8. The fraction of sp³-hybridized carbons (Fsp3) is 0.423. The van der Waals surface area contributed by atoms with Crippen LogP contribution in [0.25, 0.3) is 5.57 Å². The van der Waals surface area contributed by atoms with Crippen LogP contribution in [-0.4, -0.2) is 28.7 Å². The molecule has 2 aliphatic heterocycles. The number of hydrogen-bond acceptors (Lipinski definition) is 3. The Morgan fingerprint density at radius 2 is 1.87 bits per heavy atom. The summed E-state index contributed by atoms with van der Waals surface area (Å²) < 4.78 is 11.7. The summed E-state index contributed by atoms with van der Waals surface area (Å²) in [6.45, 7) is 6.33. The summed E-state index contributed by atoms with van der Waals surface area (Å²) in [5.74, 6) is 0.872. The molecule has 2 heterocycles. The third-order valence-corrected chi connectivity index (χ3v) is 5.69. The molecule has 1 amide bonds. The van der Waals surface area contributed by atoms with Crippen LogP contribution in [0.5, 0.6) is 5.75 Å². The number of fused-ring (bicyclic) bond motifs is 2. The molecule has 0 saturated carbocycles. The lowest BCUT2D eigenvalue weighted by Gasteiger charge is -2.45. The molecule has 2 atom stereocenters. The number of ether oxygens (including phenoxy) is 2. The molecule has 1 fully saturated rings. The fourth-order valence-electron chi connectivity index (χ4n) is 4.37. The molecule has 0 aliphatic carbocycles. The number of carbonyl (C=O) groups excluding carboxylic acids is 1. The van der Waals surface area contributed by atoms with Gasteiger partial charge in [-0.15, -0.1) is 0 Å². The number of hydrogen-bond donors (Lipinski definition) is 0. The summed E-state index contributed by atoms with van der Waals surface area (Å²) in [4.78, 5) is 14.8. The van der Waals surface area contributed by atoms with Crippen LogP contribution in [0, 0.1) is 0 Å². The summed E-state index contributed by atoms with van der Waals surface area (Å²) in [7, 11) is 0. The van der Waals surface area contributed by atoms with Crippen LogP contribution in [0.2, 0.25) is 0 Å². The highest BCUT2D eigenvalue weighted by molar-refractivity contribution is 5.75. The Morgan fingerprint density at radius 3 is 2.60 bits per heavy atom. The minimum absolute atomic E-state index is 0.108. The van der Waals surface area contributed by atoms with E-state index in [0.29, 0.717) is 6.61 Å². The Bertz CT molecular complexity index is 913. The highest BCUT2D eigenvalue weighted by Gasteiger charge is 2.39. The highest BCUT2D eigenvalue weighted by atomic mass is 16.6. The van der Waals surface area contributed by atoms with Gasteiger partial charge >= 0.3 is 6.09 Å². The molecule has 2 bridgehead atoms. The van der Waals surface area contributed by atoms with Crippen molar-refractivity contribution in [3.05, 3.63) is 71.8 Å². The number of amides is 1. The fourth-order valence-corrected chi connectivity index (χ4v) is 4.37. The molecular weight excluding hydrogens is 374 g/mol. The predicted octanol–water partition coefficient (Wildman–Crippen LogP) is 6.21. The van der Waals surface area contributed by atoms with E-state index < -0.39 is 5.60 Å². The predicted molar refractivity (Wildman–Crippen MR) is 119 cm³/mol. The molecule has 0 radical (unpaired) electrons. The van der Waals surface area contributed by atoms with Crippen molar-refractivity contribution in [1.82, 2.24) is 4.90 Å². The number of piperidine rings is 1. The van der Waals surface area contributed by atoms with Crippen molar-refractivity contribution in [3.8, 4) is 5.75 Å². The molecule has 158 valence electrons. The quantitative estimate of drug-likeness (QED) is 0.607. The van der Waals surface area contributed by atoms with Crippen molar-refractivity contribution < 1.29 is 14.3 Å². The zero-order valence-electron chi connectivity index (χ0n) is 18.1. The van der Waals surface area contributed by atoms with Crippen molar-refractivity contribution in [1.29, 1.82) is 0 Å². The van der Waals surface area contributed by atoms with E-state index in [1.807, 2.05) is 56.0 Å². The molecule has 0 spiro atoms. The second-order valence-corrected chi connectivity index (χ2v) is 9.24. The minimum Gasteiger partial charge on any atom is -0.489 e. The zero-order chi connectivity index (χ0) is 21.1. The van der Waals surface area contributed by atoms with Crippen LogP contribution < -0.4 is 4.74 Å². The van der Waals surface area contributed by atoms with Crippen LogP contribution >= 0.6 is 0 Å². The first-order valence-corrected chi connectivity index (χ1v) is 10.9. The minimum atomic E-state index is -0.472. The van der Waals surface area contributed by atoms with Gasteiger partial charge in [-0.2, -0.15) is 0 Å². The lowest BCUT2D eigenvalue weighted by molar-refractivity contribution is 0.0000819. The van der Waals surface area contributed by atoms with Gasteiger partial charge in [-0.25, -0.2) is 4.79 Å². The van der Waals surface area contributed by atoms with Gasteiger partial charge in [0.2, 0.25) is 0 Å². The van der Waals surface area contributed by atoms with Crippen molar-refractivity contribution in [3.63, 3.8) is 0 Å². The lowest BCUT2D eigenvalue weighted by atomic mass is 9.83. The molecular formula is C26H31NO3. The second-order valence-electron chi connectivity index (χ2n) is 9.24. The summed E-state index contributed by atoms with van der Waals surface area (Å²) >= 11 is 0. The monoisotopic (exact) mass is 405 g/mol. The summed E-state index contributed by atoms with van der Waals surface area (Å²) in [6.07, 6.45) is 6.10. The Hall–Kier alpha value is -2.75. The van der Waals surface area contributed by atoms with Crippen molar-refractivity contribution in [2.45, 2.75) is 70.7 Å². The molecule has 0 aromatic heterocycles. The SMILES string of the molecule is CC(C)(C)OC(=O)N1C2C=C(c3cccc(OCc4ccccc4)c3)CC1CCC2. The van der Waals surface area contributed by atoms with E-state index in [-0.39, 0.29) is 18.2 Å². The van der Waals surface area contributed by atoms with E-state index in [2.05, 4.69) is 30.3 Å². The first-order chi connectivity index (χ1) is 14.4. The molecule has 4 heteroatoms. The van der Waals surface area contributed by atoms with Crippen LogP contribution in [0.15, 0.2) is 60.7 Å². The number of rotatable bonds is 4. The maximum atomic E-state index is 12.8. The Morgan fingerprint density at radius 1 is 1.07 bits per heavy atom. The third-order valence-electron chi connectivity index (χ3n) is 5.69. The molecule has 4 rings (SSSR count). The zero-order valence-corrected chi connectivity index (χ0v) is 18.1. The van der Waals surface area contributed by atoms with E-state index in [1.54, 1.807) is 0 Å². The van der Waals surface area contributed by atoms with Gasteiger partial charge in [0.25, 0.3) is 0 Å². The molecule has 0 N–H and O–H groups in total. The maximum Gasteiger partial charge on any atom is 0.411 e. The van der Waals surface area contributed by atoms with Gasteiger partial charge in [0.1, 0.15) is 18.0 Å². The van der Waals surface area contributed by atoms with Gasteiger partial charge in [0.05, 0.1) is 6.04 Å². The number of nitrogens with zero attached hydrogens (tertiary/aromatic N) is 1. The standard InChI is InChI=1S/C26H31NO3/c1-26(2,3)30-25(28)27-22-12-8-13-23(27)16-21(15-22)20-11-7-14-24(17-20)29-18-19-9-5-4-6-10-19/h4-7,9-11,14-15,17,22-23H,8,12-13,16,18H2,1-3H3. The summed E-state index contributed by atoms with van der Waals surface area (Å²) in [5, 5.41) is 0. The highest BCUT2D eigenvalue weighted by Crippen LogP contribution is 2.38. The molecule has 2 unspecified atom stereocenters. The van der Waals surface area contributed by atoms with Gasteiger partial charge < -0.3 is 9.47 Å². The largest absolute Gasteiger partial charge is 0.489 e. The van der Waals surface area contributed by atoms with Gasteiger partial charge in [-0.1, -0.05) is 48.5 Å². The first kappa shape index (κ1) is 20.5. The normalized spacial score (nSPS) is 21.0. The van der Waals surface area contributed by atoms with Gasteiger partial charge in [-0.3, -0.25) is 4.90 Å². The van der Waals surface area contributed by atoms with Crippen LogP contribution in [0.3, 0.4) is 0 Å². The van der Waals surface area contributed by atoms with Crippen molar-refractivity contribution in [2.75, 3.05) is 0 Å². The molecule has 2 aliphatic rings. The van der Waals surface area contributed by atoms with E-state index >= 15 is 0 Å². The van der Waals surface area contributed by atoms with Crippen LogP contribution in [0.1, 0.15) is 57.6 Å². The van der Waals surface area contributed by atoms with E-state index in [1.165, 1.54) is 11.1 Å². The van der Waals surface area contributed by atoms with E-state index in [4.69, 9.17) is 9.47 Å². The second kappa shape index (κ2) is 8.55. The Kier molecular flexibility index (Phi) is 5.85. The molecule has 4 nitrogen and oxygen atoms in total. The first-order valence-electron chi connectivity index (χ1n) is 10.9. The average molecular weight is 406 g/mol. The third kappa shape index (κ3) is 4.86. The molecule has 1 saturated heterocycles. The molecule has 30 heavy (non-hydrogen) atoms. The van der Waals surface area contributed by atoms with Crippen molar-refractivity contribution >= 4 is 11.7 Å². The van der Waals surface area contributed by atoms with Crippen molar-refractivity contribution in [2.24, 2.45) is 0 Å². The molecule has 2 aromatic carbocycles. The van der Waals surface area contributed by atoms with E-state index in [0.717, 1.165) is 37.0 Å². The van der Waals surface area contributed by atoms with Crippen LogP contribution in [-0.2, 0) is 11.3 Å². The van der Waals surface area contributed by atoms with Gasteiger partial charge in [-0.05, 0) is 75.3 Å². The van der Waals surface area contributed by atoms with Gasteiger partial charge in [0.15, 0.2) is 0 Å². The molecule has 2 aromatic rings. The summed E-state index contributed by atoms with van der Waals surface area (Å²) in [5.41, 5.74) is 3.16. The Labute approximate surface area is 179 Å². The lowest BCUT2D eigenvalue weighted by Crippen LogP contribution is -2.53. The topological polar surface area (TPSA) is 38.8 Å². The van der Waals surface area contributed by atoms with E-state index in [9.17, 15) is 4.79 Å². The number of benzene rings is 2. The van der Waals surface area contributed by atoms with Crippen LogP contribution in [0.4, 0.5) is 4.79 Å². The van der Waals surface area contributed by atoms with Gasteiger partial charge in [0, 0.05) is 6.04 Å².